The lowest BCUT2D eigenvalue weighted by molar-refractivity contribution is -0.136. The predicted octanol–water partition coefficient (Wildman–Crippen LogP) is 2.92. The van der Waals surface area contributed by atoms with Crippen molar-refractivity contribution in [2.75, 3.05) is 0 Å². The number of aromatic nitrogens is 1. The largest absolute Gasteiger partial charge is 0.481 e. The van der Waals surface area contributed by atoms with Crippen LogP contribution in [-0.4, -0.2) is 16.1 Å². The molecule has 18 heavy (non-hydrogen) atoms. The number of nitrogens with zero attached hydrogens (tertiary/aromatic N) is 1. The van der Waals surface area contributed by atoms with Crippen LogP contribution in [0.2, 0.25) is 0 Å². The van der Waals surface area contributed by atoms with Crippen LogP contribution >= 0.6 is 0 Å². The summed E-state index contributed by atoms with van der Waals surface area (Å²) in [6.07, 6.45) is 1.52. The summed E-state index contributed by atoms with van der Waals surface area (Å²) in [5, 5.41) is 8.86. The van der Waals surface area contributed by atoms with Crippen LogP contribution in [-0.2, 0) is 17.6 Å². The van der Waals surface area contributed by atoms with E-state index in [2.05, 4.69) is 4.98 Å². The second-order valence-electron chi connectivity index (χ2n) is 4.08. The zero-order chi connectivity index (χ0) is 13.0. The third-order valence-corrected chi connectivity index (χ3v) is 2.59. The average molecular weight is 245 g/mol. The molecule has 1 N–H and O–H groups in total. The summed E-state index contributed by atoms with van der Waals surface area (Å²) in [4.78, 5) is 15.1. The SMILES string of the molecule is CCCc1oc(-c2ccccc2)nc1CC(=O)O. The molecule has 94 valence electrons. The molecule has 0 aliphatic heterocycles. The Bertz CT molecular complexity index is 531. The molecule has 1 aromatic heterocycles. The number of hydrogen-bond acceptors (Lipinski definition) is 3. The molecule has 0 amide bonds. The molecule has 1 heterocycles. The molecule has 1 aromatic carbocycles. The number of carboxylic acids is 1. The van der Waals surface area contributed by atoms with Gasteiger partial charge in [0.15, 0.2) is 0 Å². The Morgan fingerprint density at radius 3 is 2.67 bits per heavy atom. The summed E-state index contributed by atoms with van der Waals surface area (Å²) >= 11 is 0. The first-order valence-electron chi connectivity index (χ1n) is 5.96. The summed E-state index contributed by atoms with van der Waals surface area (Å²) in [6.45, 7) is 2.02. The van der Waals surface area contributed by atoms with Gasteiger partial charge in [-0.25, -0.2) is 4.98 Å². The first-order valence-corrected chi connectivity index (χ1v) is 5.96. The van der Waals surface area contributed by atoms with Crippen molar-refractivity contribution in [2.45, 2.75) is 26.2 Å². The van der Waals surface area contributed by atoms with E-state index in [4.69, 9.17) is 9.52 Å². The molecule has 4 nitrogen and oxygen atoms in total. The van der Waals surface area contributed by atoms with E-state index >= 15 is 0 Å². The number of aryl methyl sites for hydroxylation is 1. The van der Waals surface area contributed by atoms with Crippen molar-refractivity contribution in [2.24, 2.45) is 0 Å². The van der Waals surface area contributed by atoms with Gasteiger partial charge in [0.25, 0.3) is 0 Å². The fraction of sp³-hybridized carbons (Fsp3) is 0.286. The second kappa shape index (κ2) is 5.49. The molecule has 0 aliphatic carbocycles. The minimum Gasteiger partial charge on any atom is -0.481 e. The molecule has 0 aliphatic rings. The van der Waals surface area contributed by atoms with Gasteiger partial charge >= 0.3 is 5.97 Å². The quantitative estimate of drug-likeness (QED) is 0.879. The summed E-state index contributed by atoms with van der Waals surface area (Å²) in [5.74, 6) is 0.286. The van der Waals surface area contributed by atoms with E-state index in [1.54, 1.807) is 0 Å². The molecule has 0 fully saturated rings. The lowest BCUT2D eigenvalue weighted by Crippen LogP contribution is -2.02. The monoisotopic (exact) mass is 245 g/mol. The lowest BCUT2D eigenvalue weighted by atomic mass is 10.2. The molecule has 0 bridgehead atoms. The van der Waals surface area contributed by atoms with Crippen LogP contribution in [0.15, 0.2) is 34.7 Å². The van der Waals surface area contributed by atoms with Gasteiger partial charge in [-0.1, -0.05) is 25.1 Å². The molecule has 0 radical (unpaired) electrons. The molecule has 0 atom stereocenters. The highest BCUT2D eigenvalue weighted by molar-refractivity contribution is 5.70. The van der Waals surface area contributed by atoms with Gasteiger partial charge in [-0.15, -0.1) is 0 Å². The molecule has 2 rings (SSSR count). The van der Waals surface area contributed by atoms with E-state index in [1.165, 1.54) is 0 Å². The summed E-state index contributed by atoms with van der Waals surface area (Å²) in [5.41, 5.74) is 1.40. The third kappa shape index (κ3) is 2.77. The zero-order valence-electron chi connectivity index (χ0n) is 10.2. The number of carboxylic acid groups (broad SMARTS) is 1. The fourth-order valence-electron chi connectivity index (χ4n) is 1.79. The maximum atomic E-state index is 10.8. The second-order valence-corrected chi connectivity index (χ2v) is 4.08. The van der Waals surface area contributed by atoms with Crippen molar-refractivity contribution in [3.05, 3.63) is 41.8 Å². The number of benzene rings is 1. The van der Waals surface area contributed by atoms with Gasteiger partial charge in [-0.05, 0) is 18.6 Å². The number of hydrogen-bond donors (Lipinski definition) is 1. The maximum absolute atomic E-state index is 10.8. The Hall–Kier alpha value is -2.10. The van der Waals surface area contributed by atoms with Crippen LogP contribution < -0.4 is 0 Å². The smallest absolute Gasteiger partial charge is 0.309 e. The van der Waals surface area contributed by atoms with Crippen molar-refractivity contribution in [1.29, 1.82) is 0 Å². The minimum absolute atomic E-state index is 0.0916. The van der Waals surface area contributed by atoms with Crippen molar-refractivity contribution in [1.82, 2.24) is 4.98 Å². The minimum atomic E-state index is -0.889. The normalized spacial score (nSPS) is 10.5. The van der Waals surface area contributed by atoms with Crippen LogP contribution in [0.4, 0.5) is 0 Å². The van der Waals surface area contributed by atoms with Crippen LogP contribution in [0, 0.1) is 0 Å². The highest BCUT2D eigenvalue weighted by atomic mass is 16.4. The Morgan fingerprint density at radius 2 is 2.06 bits per heavy atom. The van der Waals surface area contributed by atoms with Crippen LogP contribution in [0.25, 0.3) is 11.5 Å². The fourth-order valence-corrected chi connectivity index (χ4v) is 1.79. The van der Waals surface area contributed by atoms with Crippen molar-refractivity contribution >= 4 is 5.97 Å². The molecule has 4 heteroatoms. The topological polar surface area (TPSA) is 63.3 Å². The molecular weight excluding hydrogens is 230 g/mol. The lowest BCUT2D eigenvalue weighted by Gasteiger charge is -1.95. The average Bonchev–Trinajstić information content (AvgIpc) is 2.73. The third-order valence-electron chi connectivity index (χ3n) is 2.59. The van der Waals surface area contributed by atoms with Gasteiger partial charge in [-0.3, -0.25) is 4.79 Å². The summed E-state index contributed by atoms with van der Waals surface area (Å²) in [7, 11) is 0. The molecule has 2 aromatic rings. The van der Waals surface area contributed by atoms with Gasteiger partial charge in [0.05, 0.1) is 12.1 Å². The van der Waals surface area contributed by atoms with E-state index in [9.17, 15) is 4.79 Å². The number of oxazole rings is 1. The molecule has 0 saturated carbocycles. The summed E-state index contributed by atoms with van der Waals surface area (Å²) in [6, 6.07) is 9.50. The first kappa shape index (κ1) is 12.4. The molecule has 0 saturated heterocycles. The van der Waals surface area contributed by atoms with E-state index in [1.807, 2.05) is 37.3 Å². The zero-order valence-corrected chi connectivity index (χ0v) is 10.2. The van der Waals surface area contributed by atoms with Gasteiger partial charge in [-0.2, -0.15) is 0 Å². The Balaban J connectivity index is 2.35. The number of carbonyl (C=O) groups is 1. The highest BCUT2D eigenvalue weighted by Gasteiger charge is 2.16. The Labute approximate surface area is 105 Å². The highest BCUT2D eigenvalue weighted by Crippen LogP contribution is 2.23. The standard InChI is InChI=1S/C14H15NO3/c1-2-6-12-11(9-13(16)17)15-14(18-12)10-7-4-3-5-8-10/h3-5,7-8H,2,6,9H2,1H3,(H,16,17). The van der Waals surface area contributed by atoms with E-state index in [0.717, 1.165) is 12.0 Å². The van der Waals surface area contributed by atoms with Crippen LogP contribution in [0.3, 0.4) is 0 Å². The van der Waals surface area contributed by atoms with E-state index in [0.29, 0.717) is 23.8 Å². The number of rotatable bonds is 5. The van der Waals surface area contributed by atoms with Crippen molar-refractivity contribution in [3.8, 4) is 11.5 Å². The van der Waals surface area contributed by atoms with E-state index < -0.39 is 5.97 Å². The van der Waals surface area contributed by atoms with Gasteiger partial charge in [0.1, 0.15) is 5.76 Å². The molecule has 0 unspecified atom stereocenters. The van der Waals surface area contributed by atoms with Gasteiger partial charge in [0.2, 0.25) is 5.89 Å². The summed E-state index contributed by atoms with van der Waals surface area (Å²) < 4.78 is 5.67. The van der Waals surface area contributed by atoms with Crippen LogP contribution in [0.1, 0.15) is 24.8 Å². The predicted molar refractivity (Wildman–Crippen MR) is 67.3 cm³/mol. The van der Waals surface area contributed by atoms with Crippen LogP contribution in [0.5, 0.6) is 0 Å². The Morgan fingerprint density at radius 1 is 1.33 bits per heavy atom. The number of aliphatic carboxylic acids is 1. The van der Waals surface area contributed by atoms with E-state index in [-0.39, 0.29) is 6.42 Å². The first-order chi connectivity index (χ1) is 8.70. The van der Waals surface area contributed by atoms with Gasteiger partial charge in [0, 0.05) is 12.0 Å². The Kier molecular flexibility index (Phi) is 3.77. The maximum Gasteiger partial charge on any atom is 0.309 e. The molecule has 0 spiro atoms. The molecular formula is C14H15NO3. The van der Waals surface area contributed by atoms with Gasteiger partial charge < -0.3 is 9.52 Å². The van der Waals surface area contributed by atoms with Crippen molar-refractivity contribution in [3.63, 3.8) is 0 Å². The van der Waals surface area contributed by atoms with Crippen molar-refractivity contribution < 1.29 is 14.3 Å².